The smallest absolute Gasteiger partial charge is 0.345 e. The molecule has 1 atom stereocenters. The van der Waals surface area contributed by atoms with E-state index in [0.29, 0.717) is 28.4 Å². The monoisotopic (exact) mass is 348 g/mol. The van der Waals surface area contributed by atoms with Gasteiger partial charge in [0, 0.05) is 36.6 Å². The fourth-order valence-corrected chi connectivity index (χ4v) is 3.22. The van der Waals surface area contributed by atoms with E-state index in [0.717, 1.165) is 24.9 Å². The minimum absolute atomic E-state index is 0.156. The standard InChI is InChI=1S/C19H16N4O3/c24-18-15(16-11-23-7-1-5-21-19(23)22-16)8-12-2-3-13(9-17(12)26-18)25-14-4-6-20-10-14/h1-3,5,7-9,11,14,20H,4,6,10H2/t14-/m0/s1. The molecule has 26 heavy (non-hydrogen) atoms. The van der Waals surface area contributed by atoms with Crippen molar-refractivity contribution in [2.45, 2.75) is 12.5 Å². The first-order valence-corrected chi connectivity index (χ1v) is 8.52. The van der Waals surface area contributed by atoms with E-state index in [1.165, 1.54) is 0 Å². The molecule has 1 aliphatic heterocycles. The molecule has 0 radical (unpaired) electrons. The molecule has 1 saturated heterocycles. The summed E-state index contributed by atoms with van der Waals surface area (Å²) in [6.45, 7) is 1.80. The Bertz CT molecular complexity index is 1130. The van der Waals surface area contributed by atoms with Gasteiger partial charge in [-0.3, -0.25) is 4.40 Å². The van der Waals surface area contributed by atoms with Crippen LogP contribution in [0.2, 0.25) is 0 Å². The molecule has 4 aromatic rings. The first kappa shape index (κ1) is 15.1. The number of ether oxygens (including phenoxy) is 1. The zero-order valence-electron chi connectivity index (χ0n) is 13.9. The number of hydrogen-bond donors (Lipinski definition) is 1. The highest BCUT2D eigenvalue weighted by Crippen LogP contribution is 2.25. The molecule has 0 bridgehead atoms. The Balaban J connectivity index is 1.55. The van der Waals surface area contributed by atoms with Crippen LogP contribution in [-0.4, -0.2) is 33.6 Å². The third kappa shape index (κ3) is 2.62. The van der Waals surface area contributed by atoms with Gasteiger partial charge in [0.2, 0.25) is 5.78 Å². The zero-order valence-corrected chi connectivity index (χ0v) is 13.9. The molecular weight excluding hydrogens is 332 g/mol. The summed E-state index contributed by atoms with van der Waals surface area (Å²) >= 11 is 0. The lowest BCUT2D eigenvalue weighted by Gasteiger charge is -2.12. The van der Waals surface area contributed by atoms with Crippen LogP contribution in [0.5, 0.6) is 5.75 Å². The number of benzene rings is 1. The van der Waals surface area contributed by atoms with Crippen molar-refractivity contribution in [2.75, 3.05) is 13.1 Å². The maximum absolute atomic E-state index is 12.5. The topological polar surface area (TPSA) is 81.7 Å². The maximum atomic E-state index is 12.5. The van der Waals surface area contributed by atoms with Crippen molar-refractivity contribution < 1.29 is 9.15 Å². The highest BCUT2D eigenvalue weighted by Gasteiger charge is 2.17. The van der Waals surface area contributed by atoms with Gasteiger partial charge in [-0.15, -0.1) is 0 Å². The second kappa shape index (κ2) is 5.96. The van der Waals surface area contributed by atoms with Crippen molar-refractivity contribution in [1.82, 2.24) is 19.7 Å². The summed E-state index contributed by atoms with van der Waals surface area (Å²) in [5.74, 6) is 1.25. The molecule has 1 aromatic carbocycles. The average molecular weight is 348 g/mol. The lowest BCUT2D eigenvalue weighted by Crippen LogP contribution is -2.19. The second-order valence-corrected chi connectivity index (χ2v) is 6.33. The van der Waals surface area contributed by atoms with Gasteiger partial charge in [-0.2, -0.15) is 0 Å². The van der Waals surface area contributed by atoms with Gasteiger partial charge in [-0.1, -0.05) is 0 Å². The predicted molar refractivity (Wildman–Crippen MR) is 96.4 cm³/mol. The van der Waals surface area contributed by atoms with E-state index in [4.69, 9.17) is 9.15 Å². The molecular formula is C19H16N4O3. The number of aromatic nitrogens is 3. The molecule has 0 aliphatic carbocycles. The van der Waals surface area contributed by atoms with Crippen LogP contribution < -0.4 is 15.7 Å². The van der Waals surface area contributed by atoms with Gasteiger partial charge in [0.25, 0.3) is 0 Å². The van der Waals surface area contributed by atoms with Crippen molar-refractivity contribution in [1.29, 1.82) is 0 Å². The lowest BCUT2D eigenvalue weighted by atomic mass is 10.1. The van der Waals surface area contributed by atoms with E-state index in [1.807, 2.05) is 24.4 Å². The van der Waals surface area contributed by atoms with Crippen LogP contribution in [0.3, 0.4) is 0 Å². The van der Waals surface area contributed by atoms with Crippen LogP contribution in [0, 0.1) is 0 Å². The number of rotatable bonds is 3. The van der Waals surface area contributed by atoms with Gasteiger partial charge < -0.3 is 14.5 Å². The van der Waals surface area contributed by atoms with Crippen LogP contribution in [0.1, 0.15) is 6.42 Å². The largest absolute Gasteiger partial charge is 0.489 e. The summed E-state index contributed by atoms with van der Waals surface area (Å²) in [7, 11) is 0. The normalized spacial score (nSPS) is 17.2. The van der Waals surface area contributed by atoms with Gasteiger partial charge in [0.15, 0.2) is 0 Å². The predicted octanol–water partition coefficient (Wildman–Crippen LogP) is 2.24. The van der Waals surface area contributed by atoms with Crippen molar-refractivity contribution in [3.05, 3.63) is 59.3 Å². The van der Waals surface area contributed by atoms with E-state index in [9.17, 15) is 4.79 Å². The van der Waals surface area contributed by atoms with E-state index in [-0.39, 0.29) is 6.10 Å². The lowest BCUT2D eigenvalue weighted by molar-refractivity contribution is 0.223. The van der Waals surface area contributed by atoms with E-state index in [1.54, 1.807) is 28.9 Å². The highest BCUT2D eigenvalue weighted by atomic mass is 16.5. The van der Waals surface area contributed by atoms with Crippen LogP contribution in [-0.2, 0) is 0 Å². The first-order chi connectivity index (χ1) is 12.8. The molecule has 0 amide bonds. The van der Waals surface area contributed by atoms with Crippen LogP contribution in [0.15, 0.2) is 58.1 Å². The Morgan fingerprint density at radius 3 is 3.12 bits per heavy atom. The molecule has 5 rings (SSSR count). The Hall–Kier alpha value is -3.19. The minimum Gasteiger partial charge on any atom is -0.489 e. The number of nitrogens with zero attached hydrogens (tertiary/aromatic N) is 3. The average Bonchev–Trinajstić information content (AvgIpc) is 3.30. The molecule has 1 fully saturated rings. The van der Waals surface area contributed by atoms with Gasteiger partial charge >= 0.3 is 5.63 Å². The molecule has 0 spiro atoms. The molecule has 0 unspecified atom stereocenters. The third-order valence-electron chi connectivity index (χ3n) is 4.54. The Kier molecular flexibility index (Phi) is 3.46. The number of hydrogen-bond acceptors (Lipinski definition) is 6. The van der Waals surface area contributed by atoms with Crippen molar-refractivity contribution in [3.63, 3.8) is 0 Å². The second-order valence-electron chi connectivity index (χ2n) is 6.33. The Labute approximate surface area is 148 Å². The van der Waals surface area contributed by atoms with Crippen molar-refractivity contribution in [2.24, 2.45) is 0 Å². The fourth-order valence-electron chi connectivity index (χ4n) is 3.22. The summed E-state index contributed by atoms with van der Waals surface area (Å²) in [6.07, 6.45) is 6.40. The van der Waals surface area contributed by atoms with Crippen molar-refractivity contribution in [3.8, 4) is 17.0 Å². The zero-order chi connectivity index (χ0) is 17.5. The first-order valence-electron chi connectivity index (χ1n) is 8.52. The van der Waals surface area contributed by atoms with Crippen LogP contribution in [0.4, 0.5) is 0 Å². The highest BCUT2D eigenvalue weighted by molar-refractivity contribution is 5.82. The molecule has 7 nitrogen and oxygen atoms in total. The summed E-state index contributed by atoms with van der Waals surface area (Å²) in [6, 6.07) is 9.17. The molecule has 3 aromatic heterocycles. The summed E-state index contributed by atoms with van der Waals surface area (Å²) in [4.78, 5) is 21.1. The maximum Gasteiger partial charge on any atom is 0.345 e. The minimum atomic E-state index is -0.430. The quantitative estimate of drug-likeness (QED) is 0.572. The Morgan fingerprint density at radius 1 is 1.31 bits per heavy atom. The van der Waals surface area contributed by atoms with E-state index in [2.05, 4.69) is 15.3 Å². The van der Waals surface area contributed by atoms with Gasteiger partial charge in [-0.25, -0.2) is 14.8 Å². The summed E-state index contributed by atoms with van der Waals surface area (Å²) < 4.78 is 13.2. The van der Waals surface area contributed by atoms with Crippen molar-refractivity contribution >= 4 is 16.7 Å². The molecule has 4 heterocycles. The molecule has 1 N–H and O–H groups in total. The van der Waals surface area contributed by atoms with E-state index < -0.39 is 5.63 Å². The number of fused-ring (bicyclic) bond motifs is 2. The van der Waals surface area contributed by atoms with Gasteiger partial charge in [0.1, 0.15) is 17.4 Å². The van der Waals surface area contributed by atoms with Crippen LogP contribution >= 0.6 is 0 Å². The molecule has 130 valence electrons. The van der Waals surface area contributed by atoms with E-state index >= 15 is 0 Å². The summed E-state index contributed by atoms with van der Waals surface area (Å²) in [5, 5.41) is 4.08. The number of nitrogens with one attached hydrogen (secondary N) is 1. The molecule has 0 saturated carbocycles. The SMILES string of the molecule is O=c1oc2cc(O[C@H]3CCNC3)ccc2cc1-c1cn2cccnc2n1. The fraction of sp³-hybridized carbons (Fsp3) is 0.211. The number of imidazole rings is 1. The Morgan fingerprint density at radius 2 is 2.27 bits per heavy atom. The molecule has 1 aliphatic rings. The third-order valence-corrected chi connectivity index (χ3v) is 4.54. The van der Waals surface area contributed by atoms with Gasteiger partial charge in [-0.05, 0) is 37.2 Å². The summed E-state index contributed by atoms with van der Waals surface area (Å²) in [5.41, 5.74) is 1.03. The van der Waals surface area contributed by atoms with Gasteiger partial charge in [0.05, 0.1) is 11.3 Å². The molecule has 7 heteroatoms. The van der Waals surface area contributed by atoms with Crippen LogP contribution in [0.25, 0.3) is 28.0 Å².